The van der Waals surface area contributed by atoms with Gasteiger partial charge in [-0.1, -0.05) is 24.6 Å². The van der Waals surface area contributed by atoms with Gasteiger partial charge in [0.1, 0.15) is 17.1 Å². The summed E-state index contributed by atoms with van der Waals surface area (Å²) in [6, 6.07) is 8.13. The summed E-state index contributed by atoms with van der Waals surface area (Å²) in [4.78, 5) is 12.5. The van der Waals surface area contributed by atoms with Gasteiger partial charge in [-0.2, -0.15) is 13.2 Å². The van der Waals surface area contributed by atoms with E-state index in [1.54, 1.807) is 13.8 Å². The molecule has 3 rings (SSSR count). The van der Waals surface area contributed by atoms with Crippen LogP contribution < -0.4 is 5.63 Å². The summed E-state index contributed by atoms with van der Waals surface area (Å²) in [6.45, 7) is 7.01. The SMILES string of the molecule is Cc1cc(C)c(-c2c(O)cc(C(C)CS(=O)(=O)c3ccc(C(F)(F)F)cc3)oc2=O)c(C)c1. The van der Waals surface area contributed by atoms with Gasteiger partial charge >= 0.3 is 11.8 Å². The average molecular weight is 481 g/mol. The number of benzene rings is 2. The van der Waals surface area contributed by atoms with Crippen molar-refractivity contribution in [3.63, 3.8) is 0 Å². The zero-order valence-electron chi connectivity index (χ0n) is 18.4. The lowest BCUT2D eigenvalue weighted by Crippen LogP contribution is -2.16. The van der Waals surface area contributed by atoms with Crippen LogP contribution in [0.5, 0.6) is 5.75 Å². The number of rotatable bonds is 5. The van der Waals surface area contributed by atoms with E-state index in [0.29, 0.717) is 17.7 Å². The Hall–Kier alpha value is -3.07. The summed E-state index contributed by atoms with van der Waals surface area (Å²) >= 11 is 0. The van der Waals surface area contributed by atoms with Gasteiger partial charge in [-0.3, -0.25) is 0 Å². The Morgan fingerprint density at radius 2 is 1.52 bits per heavy atom. The van der Waals surface area contributed by atoms with E-state index in [9.17, 15) is 31.5 Å². The number of sulfone groups is 1. The fraction of sp³-hybridized carbons (Fsp3) is 0.292. The van der Waals surface area contributed by atoms with Crippen LogP contribution in [0.3, 0.4) is 0 Å². The molecule has 1 unspecified atom stereocenters. The zero-order chi connectivity index (χ0) is 24.7. The van der Waals surface area contributed by atoms with E-state index in [-0.39, 0.29) is 22.0 Å². The molecule has 3 aromatic rings. The lowest BCUT2D eigenvalue weighted by molar-refractivity contribution is -0.137. The smallest absolute Gasteiger partial charge is 0.416 e. The molecule has 0 aliphatic carbocycles. The molecule has 0 amide bonds. The summed E-state index contributed by atoms with van der Waals surface area (Å²) in [6.07, 6.45) is -4.58. The van der Waals surface area contributed by atoms with Crippen LogP contribution in [0.15, 0.2) is 56.6 Å². The fourth-order valence-electron chi connectivity index (χ4n) is 3.91. The molecular formula is C24H23F3O5S. The van der Waals surface area contributed by atoms with Gasteiger partial charge in [0.25, 0.3) is 0 Å². The zero-order valence-corrected chi connectivity index (χ0v) is 19.3. The number of hydrogen-bond donors (Lipinski definition) is 1. The van der Waals surface area contributed by atoms with Crippen molar-refractivity contribution < 1.29 is 31.1 Å². The van der Waals surface area contributed by atoms with Crippen molar-refractivity contribution in [3.05, 3.63) is 80.9 Å². The summed E-state index contributed by atoms with van der Waals surface area (Å²) in [5.41, 5.74) is 1.33. The van der Waals surface area contributed by atoms with Crippen LogP contribution in [0.2, 0.25) is 0 Å². The quantitative estimate of drug-likeness (QED) is 0.519. The summed E-state index contributed by atoms with van der Waals surface area (Å²) in [7, 11) is -3.99. The molecule has 33 heavy (non-hydrogen) atoms. The van der Waals surface area contributed by atoms with Gasteiger partial charge in [-0.15, -0.1) is 0 Å². The van der Waals surface area contributed by atoms with Crippen molar-refractivity contribution in [2.45, 2.75) is 44.7 Å². The fourth-order valence-corrected chi connectivity index (χ4v) is 5.47. The van der Waals surface area contributed by atoms with E-state index in [1.165, 1.54) is 13.0 Å². The molecule has 9 heteroatoms. The second kappa shape index (κ2) is 8.70. The first kappa shape index (κ1) is 24.6. The third kappa shape index (κ3) is 5.13. The molecule has 0 radical (unpaired) electrons. The van der Waals surface area contributed by atoms with Crippen LogP contribution in [-0.2, 0) is 16.0 Å². The largest absolute Gasteiger partial charge is 0.507 e. The molecule has 0 bridgehead atoms. The van der Waals surface area contributed by atoms with Crippen LogP contribution in [0.25, 0.3) is 11.1 Å². The molecule has 1 aromatic heterocycles. The van der Waals surface area contributed by atoms with Crippen LogP contribution in [0.1, 0.15) is 40.9 Å². The summed E-state index contributed by atoms with van der Waals surface area (Å²) in [5.74, 6) is -1.75. The summed E-state index contributed by atoms with van der Waals surface area (Å²) < 4.78 is 68.9. The molecule has 0 saturated heterocycles. The Morgan fingerprint density at radius 3 is 2.00 bits per heavy atom. The minimum absolute atomic E-state index is 0.00783. The Kier molecular flexibility index (Phi) is 6.48. The molecule has 2 aromatic carbocycles. The Bertz CT molecular complexity index is 1330. The first-order valence-corrected chi connectivity index (χ1v) is 11.7. The lowest BCUT2D eigenvalue weighted by atomic mass is 9.94. The normalized spacial score (nSPS) is 13.2. The lowest BCUT2D eigenvalue weighted by Gasteiger charge is -2.15. The van der Waals surface area contributed by atoms with Gasteiger partial charge in [-0.05, 0) is 61.7 Å². The topological polar surface area (TPSA) is 84.6 Å². The maximum Gasteiger partial charge on any atom is 0.416 e. The minimum atomic E-state index is -4.58. The molecule has 1 heterocycles. The van der Waals surface area contributed by atoms with Gasteiger partial charge in [-0.25, -0.2) is 13.2 Å². The molecule has 0 fully saturated rings. The molecule has 1 N–H and O–H groups in total. The molecule has 176 valence electrons. The maximum atomic E-state index is 12.7. The van der Waals surface area contributed by atoms with Crippen molar-refractivity contribution in [3.8, 4) is 16.9 Å². The van der Waals surface area contributed by atoms with Gasteiger partial charge in [0.15, 0.2) is 9.84 Å². The number of alkyl halides is 3. The van der Waals surface area contributed by atoms with Crippen LogP contribution in [0, 0.1) is 20.8 Å². The van der Waals surface area contributed by atoms with Crippen molar-refractivity contribution >= 4 is 9.84 Å². The van der Waals surface area contributed by atoms with E-state index in [4.69, 9.17) is 4.42 Å². The maximum absolute atomic E-state index is 12.7. The second-order valence-electron chi connectivity index (χ2n) is 8.17. The number of halogens is 3. The molecular weight excluding hydrogens is 457 g/mol. The van der Waals surface area contributed by atoms with E-state index in [2.05, 4.69) is 0 Å². The Morgan fingerprint density at radius 1 is 0.970 bits per heavy atom. The van der Waals surface area contributed by atoms with Crippen LogP contribution in [0.4, 0.5) is 13.2 Å². The Balaban J connectivity index is 1.93. The third-order valence-corrected chi connectivity index (χ3v) is 7.30. The van der Waals surface area contributed by atoms with Crippen LogP contribution in [-0.4, -0.2) is 19.3 Å². The summed E-state index contributed by atoms with van der Waals surface area (Å²) in [5, 5.41) is 10.6. The van der Waals surface area contributed by atoms with E-state index in [1.807, 2.05) is 19.1 Å². The standard InChI is InChI=1S/C24H23F3O5S/c1-13-9-14(2)21(15(3)10-13)22-19(28)11-20(32-23(22)29)16(4)12-33(30,31)18-7-5-17(6-8-18)24(25,26)27/h5-11,16,28H,12H2,1-4H3. The van der Waals surface area contributed by atoms with Crippen molar-refractivity contribution in [2.24, 2.45) is 0 Å². The molecule has 1 atom stereocenters. The van der Waals surface area contributed by atoms with Gasteiger partial charge in [0, 0.05) is 12.0 Å². The molecule has 0 aliphatic heterocycles. The second-order valence-corrected chi connectivity index (χ2v) is 10.2. The first-order valence-electron chi connectivity index (χ1n) is 10.1. The van der Waals surface area contributed by atoms with Crippen molar-refractivity contribution in [1.29, 1.82) is 0 Å². The average Bonchev–Trinajstić information content (AvgIpc) is 2.68. The molecule has 0 spiro atoms. The number of aryl methyl sites for hydroxylation is 3. The predicted octanol–water partition coefficient (Wildman–Crippen LogP) is 5.53. The van der Waals surface area contributed by atoms with E-state index < -0.39 is 38.9 Å². The van der Waals surface area contributed by atoms with Gasteiger partial charge in [0.2, 0.25) is 0 Å². The van der Waals surface area contributed by atoms with Crippen molar-refractivity contribution in [1.82, 2.24) is 0 Å². The minimum Gasteiger partial charge on any atom is -0.507 e. The van der Waals surface area contributed by atoms with Gasteiger partial charge < -0.3 is 9.52 Å². The number of hydrogen-bond acceptors (Lipinski definition) is 5. The highest BCUT2D eigenvalue weighted by molar-refractivity contribution is 7.91. The van der Waals surface area contributed by atoms with E-state index >= 15 is 0 Å². The monoisotopic (exact) mass is 480 g/mol. The third-order valence-electron chi connectivity index (χ3n) is 5.37. The predicted molar refractivity (Wildman–Crippen MR) is 118 cm³/mol. The molecule has 0 aliphatic rings. The van der Waals surface area contributed by atoms with Crippen LogP contribution >= 0.6 is 0 Å². The van der Waals surface area contributed by atoms with Gasteiger partial charge in [0.05, 0.1) is 16.2 Å². The highest BCUT2D eigenvalue weighted by atomic mass is 32.2. The highest BCUT2D eigenvalue weighted by Gasteiger charge is 2.31. The highest BCUT2D eigenvalue weighted by Crippen LogP contribution is 2.35. The van der Waals surface area contributed by atoms with E-state index in [0.717, 1.165) is 28.8 Å². The molecule has 5 nitrogen and oxygen atoms in total. The van der Waals surface area contributed by atoms with Crippen molar-refractivity contribution in [2.75, 3.05) is 5.75 Å². The first-order chi connectivity index (χ1) is 15.2. The Labute approximate surface area is 189 Å². The molecule has 0 saturated carbocycles. The number of aromatic hydroxyl groups is 1.